The SMILES string of the molecule is COc1cccc(F)c1[C@@H](C)NC(=O)NCc1cccc(CO)c1. The van der Waals surface area contributed by atoms with Gasteiger partial charge in [-0.05, 0) is 30.2 Å². The van der Waals surface area contributed by atoms with E-state index in [1.54, 1.807) is 25.1 Å². The second-order valence-electron chi connectivity index (χ2n) is 5.38. The van der Waals surface area contributed by atoms with Crippen molar-refractivity contribution in [1.82, 2.24) is 10.6 Å². The molecule has 0 aliphatic carbocycles. The third-order valence-corrected chi connectivity index (χ3v) is 3.64. The molecule has 0 saturated carbocycles. The fraction of sp³-hybridized carbons (Fsp3) is 0.278. The van der Waals surface area contributed by atoms with Crippen LogP contribution in [0.5, 0.6) is 5.75 Å². The van der Waals surface area contributed by atoms with Gasteiger partial charge in [-0.15, -0.1) is 0 Å². The number of nitrogens with one attached hydrogen (secondary N) is 2. The first-order chi connectivity index (χ1) is 11.5. The van der Waals surface area contributed by atoms with E-state index in [1.807, 2.05) is 18.2 Å². The van der Waals surface area contributed by atoms with Crippen molar-refractivity contribution in [1.29, 1.82) is 0 Å². The van der Waals surface area contributed by atoms with E-state index in [1.165, 1.54) is 13.2 Å². The Morgan fingerprint density at radius 3 is 2.67 bits per heavy atom. The van der Waals surface area contributed by atoms with Crippen LogP contribution in [-0.2, 0) is 13.2 Å². The van der Waals surface area contributed by atoms with Crippen molar-refractivity contribution in [2.24, 2.45) is 0 Å². The Morgan fingerprint density at radius 1 is 1.25 bits per heavy atom. The monoisotopic (exact) mass is 332 g/mol. The molecule has 0 aliphatic rings. The van der Waals surface area contributed by atoms with Crippen molar-refractivity contribution < 1.29 is 19.0 Å². The molecule has 0 bridgehead atoms. The van der Waals surface area contributed by atoms with Crippen LogP contribution in [0.3, 0.4) is 0 Å². The highest BCUT2D eigenvalue weighted by Crippen LogP contribution is 2.27. The van der Waals surface area contributed by atoms with Gasteiger partial charge < -0.3 is 20.5 Å². The molecule has 0 saturated heterocycles. The topological polar surface area (TPSA) is 70.6 Å². The zero-order valence-electron chi connectivity index (χ0n) is 13.7. The second kappa shape index (κ2) is 8.31. The standard InChI is InChI=1S/C18H21FN2O3/c1-12(17-15(19)7-4-8-16(17)24-2)21-18(23)20-10-13-5-3-6-14(9-13)11-22/h3-9,12,22H,10-11H2,1-2H3,(H2,20,21,23)/t12-/m1/s1. The first-order valence-electron chi connectivity index (χ1n) is 7.60. The summed E-state index contributed by atoms with van der Waals surface area (Å²) in [6, 6.07) is 10.8. The molecule has 0 unspecified atom stereocenters. The Labute approximate surface area is 140 Å². The zero-order valence-corrected chi connectivity index (χ0v) is 13.7. The fourth-order valence-electron chi connectivity index (χ4n) is 2.46. The highest BCUT2D eigenvalue weighted by atomic mass is 19.1. The Kier molecular flexibility index (Phi) is 6.14. The van der Waals surface area contributed by atoms with E-state index in [2.05, 4.69) is 10.6 Å². The van der Waals surface area contributed by atoms with Crippen molar-refractivity contribution in [2.75, 3.05) is 7.11 Å². The first-order valence-corrected chi connectivity index (χ1v) is 7.60. The van der Waals surface area contributed by atoms with Gasteiger partial charge in [0, 0.05) is 6.54 Å². The smallest absolute Gasteiger partial charge is 0.315 e. The van der Waals surface area contributed by atoms with Crippen LogP contribution in [0.15, 0.2) is 42.5 Å². The summed E-state index contributed by atoms with van der Waals surface area (Å²) in [5.74, 6) is -0.0451. The fourth-order valence-corrected chi connectivity index (χ4v) is 2.46. The number of halogens is 1. The maximum Gasteiger partial charge on any atom is 0.315 e. The number of amides is 2. The maximum atomic E-state index is 14.0. The van der Waals surface area contributed by atoms with Crippen molar-refractivity contribution in [3.63, 3.8) is 0 Å². The lowest BCUT2D eigenvalue weighted by Crippen LogP contribution is -2.37. The maximum absolute atomic E-state index is 14.0. The summed E-state index contributed by atoms with van der Waals surface area (Å²) in [4.78, 5) is 12.0. The molecule has 0 aliphatic heterocycles. The molecular formula is C18H21FN2O3. The molecule has 128 valence electrons. The number of hydrogen-bond acceptors (Lipinski definition) is 3. The van der Waals surface area contributed by atoms with E-state index in [9.17, 15) is 9.18 Å². The molecule has 0 heterocycles. The number of rotatable bonds is 6. The van der Waals surface area contributed by atoms with Gasteiger partial charge in [0.15, 0.2) is 0 Å². The van der Waals surface area contributed by atoms with Crippen LogP contribution >= 0.6 is 0 Å². The predicted octanol–water partition coefficient (Wildman–Crippen LogP) is 2.89. The summed E-state index contributed by atoms with van der Waals surface area (Å²) in [6.45, 7) is 1.94. The van der Waals surface area contributed by atoms with Crippen molar-refractivity contribution in [3.8, 4) is 5.75 Å². The summed E-state index contributed by atoms with van der Waals surface area (Å²) in [5.41, 5.74) is 1.95. The number of methoxy groups -OCH3 is 1. The summed E-state index contributed by atoms with van der Waals surface area (Å²) in [6.07, 6.45) is 0. The normalized spacial score (nSPS) is 11.7. The van der Waals surface area contributed by atoms with Gasteiger partial charge in [0.25, 0.3) is 0 Å². The lowest BCUT2D eigenvalue weighted by molar-refractivity contribution is 0.237. The van der Waals surface area contributed by atoms with Crippen LogP contribution < -0.4 is 15.4 Å². The lowest BCUT2D eigenvalue weighted by atomic mass is 10.1. The Bertz CT molecular complexity index is 706. The van der Waals surface area contributed by atoms with Gasteiger partial charge in [0.2, 0.25) is 0 Å². The van der Waals surface area contributed by atoms with Gasteiger partial charge in [0.1, 0.15) is 11.6 Å². The van der Waals surface area contributed by atoms with Gasteiger partial charge >= 0.3 is 6.03 Å². The average molecular weight is 332 g/mol. The number of aliphatic hydroxyl groups excluding tert-OH is 1. The molecule has 0 aromatic heterocycles. The molecule has 2 amide bonds. The quantitative estimate of drug-likeness (QED) is 0.762. The number of hydrogen-bond donors (Lipinski definition) is 3. The van der Waals surface area contributed by atoms with Gasteiger partial charge in [0.05, 0.1) is 25.3 Å². The van der Waals surface area contributed by atoms with E-state index in [0.717, 1.165) is 11.1 Å². The molecule has 0 fully saturated rings. The van der Waals surface area contributed by atoms with E-state index in [0.29, 0.717) is 17.9 Å². The molecule has 0 spiro atoms. The summed E-state index contributed by atoms with van der Waals surface area (Å²) in [5, 5.41) is 14.5. The number of benzene rings is 2. The Balaban J connectivity index is 1.97. The molecule has 0 radical (unpaired) electrons. The molecule has 2 aromatic rings. The number of urea groups is 1. The molecular weight excluding hydrogens is 311 g/mol. The van der Waals surface area contributed by atoms with E-state index in [4.69, 9.17) is 9.84 Å². The van der Waals surface area contributed by atoms with Crippen LogP contribution in [0.25, 0.3) is 0 Å². The highest BCUT2D eigenvalue weighted by Gasteiger charge is 2.18. The lowest BCUT2D eigenvalue weighted by Gasteiger charge is -2.18. The van der Waals surface area contributed by atoms with Crippen LogP contribution in [0.2, 0.25) is 0 Å². The van der Waals surface area contributed by atoms with E-state index < -0.39 is 17.9 Å². The predicted molar refractivity (Wildman–Crippen MR) is 89.1 cm³/mol. The molecule has 3 N–H and O–H groups in total. The number of aliphatic hydroxyl groups is 1. The van der Waals surface area contributed by atoms with Crippen molar-refractivity contribution in [2.45, 2.75) is 26.1 Å². The molecule has 2 rings (SSSR count). The van der Waals surface area contributed by atoms with Crippen LogP contribution in [0.4, 0.5) is 9.18 Å². The average Bonchev–Trinajstić information content (AvgIpc) is 2.59. The third-order valence-electron chi connectivity index (χ3n) is 3.64. The minimum atomic E-state index is -0.551. The molecule has 5 nitrogen and oxygen atoms in total. The minimum Gasteiger partial charge on any atom is -0.496 e. The number of carbonyl (C=O) groups is 1. The molecule has 2 aromatic carbocycles. The van der Waals surface area contributed by atoms with E-state index >= 15 is 0 Å². The van der Waals surface area contributed by atoms with Crippen LogP contribution in [-0.4, -0.2) is 18.2 Å². The summed E-state index contributed by atoms with van der Waals surface area (Å²) in [7, 11) is 1.46. The summed E-state index contributed by atoms with van der Waals surface area (Å²) >= 11 is 0. The largest absolute Gasteiger partial charge is 0.496 e. The van der Waals surface area contributed by atoms with Gasteiger partial charge in [-0.2, -0.15) is 0 Å². The van der Waals surface area contributed by atoms with Crippen LogP contribution in [0, 0.1) is 5.82 Å². The van der Waals surface area contributed by atoms with Gasteiger partial charge in [-0.3, -0.25) is 0 Å². The van der Waals surface area contributed by atoms with Gasteiger partial charge in [-0.1, -0.05) is 30.3 Å². The Hall–Kier alpha value is -2.60. The van der Waals surface area contributed by atoms with Crippen molar-refractivity contribution >= 4 is 6.03 Å². The highest BCUT2D eigenvalue weighted by molar-refractivity contribution is 5.74. The minimum absolute atomic E-state index is 0.0514. The number of carbonyl (C=O) groups excluding carboxylic acids is 1. The number of ether oxygens (including phenoxy) is 1. The zero-order chi connectivity index (χ0) is 17.5. The molecule has 24 heavy (non-hydrogen) atoms. The van der Waals surface area contributed by atoms with Gasteiger partial charge in [-0.25, -0.2) is 9.18 Å². The van der Waals surface area contributed by atoms with Crippen LogP contribution in [0.1, 0.15) is 29.7 Å². The summed E-state index contributed by atoms with van der Waals surface area (Å²) < 4.78 is 19.1. The van der Waals surface area contributed by atoms with E-state index in [-0.39, 0.29) is 6.61 Å². The molecule has 6 heteroatoms. The Morgan fingerprint density at radius 2 is 1.96 bits per heavy atom. The third kappa shape index (κ3) is 4.45. The second-order valence-corrected chi connectivity index (χ2v) is 5.38. The molecule has 1 atom stereocenters. The first kappa shape index (κ1) is 17.7. The van der Waals surface area contributed by atoms with Crippen molar-refractivity contribution in [3.05, 3.63) is 65.0 Å².